The van der Waals surface area contributed by atoms with Gasteiger partial charge in [0.05, 0.1) is 17.9 Å². The fourth-order valence-electron chi connectivity index (χ4n) is 9.22. The van der Waals surface area contributed by atoms with Crippen molar-refractivity contribution in [3.8, 4) is 0 Å². The zero-order chi connectivity index (χ0) is 33.0. The standard InChI is InChI=1S/C35H55BrN4O6/c1-3-9-21-11-8-13-26(35(45)46)31(21)34(44)40-20-24(41)17-30(40)32(42)38-29(16-23-18-37-28-15-7-5-12-25(23)28)33(43)39(2)19-22-10-4-6-14-27(22)36/h18,21-22,24-31,37,41H,3-17,19-20H2,1-2H3,(H,38,42)(H,45,46)/t21?,22?,24-,25?,26+,27?,28?,29?,30?,31-/m1/s1. The highest BCUT2D eigenvalue weighted by molar-refractivity contribution is 9.09. The predicted octanol–water partition coefficient (Wildman–Crippen LogP) is 4.20. The first-order valence-corrected chi connectivity index (χ1v) is 18.9. The number of carbonyl (C=O) groups excluding carboxylic acids is 3. The molecular formula is C35H55BrN4O6. The Balaban J connectivity index is 1.34. The molecule has 11 heteroatoms. The summed E-state index contributed by atoms with van der Waals surface area (Å²) in [5.74, 6) is -2.82. The van der Waals surface area contributed by atoms with Crippen molar-refractivity contribution < 1.29 is 29.4 Å². The minimum Gasteiger partial charge on any atom is -0.481 e. The number of carboxylic acids is 1. The molecule has 10 nitrogen and oxygen atoms in total. The van der Waals surface area contributed by atoms with Gasteiger partial charge in [-0.2, -0.15) is 0 Å². The van der Waals surface area contributed by atoms with E-state index in [1.807, 2.05) is 20.2 Å². The van der Waals surface area contributed by atoms with Gasteiger partial charge in [0.15, 0.2) is 0 Å². The predicted molar refractivity (Wildman–Crippen MR) is 179 cm³/mol. The lowest BCUT2D eigenvalue weighted by molar-refractivity contribution is -0.156. The molecule has 5 rings (SSSR count). The Morgan fingerprint density at radius 2 is 1.76 bits per heavy atom. The minimum absolute atomic E-state index is 0.00966. The van der Waals surface area contributed by atoms with Crippen LogP contribution in [-0.2, 0) is 19.2 Å². The topological polar surface area (TPSA) is 139 Å². The highest BCUT2D eigenvalue weighted by Crippen LogP contribution is 2.41. The van der Waals surface area contributed by atoms with Crippen molar-refractivity contribution >= 4 is 39.6 Å². The van der Waals surface area contributed by atoms with E-state index in [4.69, 9.17) is 0 Å². The number of amides is 3. The number of halogens is 1. The van der Waals surface area contributed by atoms with Gasteiger partial charge in [-0.25, -0.2) is 0 Å². The van der Waals surface area contributed by atoms with Crippen molar-refractivity contribution in [3.05, 3.63) is 11.8 Å². The Morgan fingerprint density at radius 3 is 2.50 bits per heavy atom. The number of carbonyl (C=O) groups is 4. The Labute approximate surface area is 282 Å². The number of alkyl halides is 1. The van der Waals surface area contributed by atoms with E-state index in [0.29, 0.717) is 42.1 Å². The zero-order valence-corrected chi connectivity index (χ0v) is 29.3. The average Bonchev–Trinajstić information content (AvgIpc) is 3.64. The number of nitrogens with one attached hydrogen (secondary N) is 2. The lowest BCUT2D eigenvalue weighted by Crippen LogP contribution is -2.56. The second-order valence-corrected chi connectivity index (χ2v) is 16.0. The normalized spacial score (nSPS) is 35.0. The maximum atomic E-state index is 14.2. The van der Waals surface area contributed by atoms with Crippen molar-refractivity contribution in [1.29, 1.82) is 0 Å². The summed E-state index contributed by atoms with van der Waals surface area (Å²) in [6, 6.07) is -1.38. The fourth-order valence-corrected chi connectivity index (χ4v) is 9.97. The molecule has 258 valence electrons. The van der Waals surface area contributed by atoms with Crippen LogP contribution in [0.4, 0.5) is 0 Å². The van der Waals surface area contributed by atoms with Gasteiger partial charge in [-0.3, -0.25) is 19.2 Å². The van der Waals surface area contributed by atoms with Crippen molar-refractivity contribution in [2.45, 2.75) is 132 Å². The van der Waals surface area contributed by atoms with Crippen LogP contribution in [0.3, 0.4) is 0 Å². The van der Waals surface area contributed by atoms with Crippen LogP contribution < -0.4 is 10.6 Å². The summed E-state index contributed by atoms with van der Waals surface area (Å²) in [6.07, 6.45) is 14.1. The number of fused-ring (bicyclic) bond motifs is 1. The fraction of sp³-hybridized carbons (Fsp3) is 0.829. The summed E-state index contributed by atoms with van der Waals surface area (Å²) >= 11 is 3.83. The maximum absolute atomic E-state index is 14.2. The van der Waals surface area contributed by atoms with Gasteiger partial charge in [0.1, 0.15) is 12.1 Å². The van der Waals surface area contributed by atoms with Gasteiger partial charge in [0.2, 0.25) is 17.7 Å². The van der Waals surface area contributed by atoms with Crippen molar-refractivity contribution in [2.24, 2.45) is 29.6 Å². The van der Waals surface area contributed by atoms with Crippen LogP contribution >= 0.6 is 15.9 Å². The molecule has 0 aromatic heterocycles. The molecule has 3 amide bonds. The number of aliphatic hydroxyl groups is 1. The van der Waals surface area contributed by atoms with Gasteiger partial charge < -0.3 is 30.6 Å². The average molecular weight is 708 g/mol. The molecule has 0 spiro atoms. The van der Waals surface area contributed by atoms with Gasteiger partial charge in [0, 0.05) is 43.3 Å². The highest BCUT2D eigenvalue weighted by Gasteiger charge is 2.48. The van der Waals surface area contributed by atoms with Crippen LogP contribution in [0.25, 0.3) is 0 Å². The number of β-amino-alcohol motifs (C(OH)–C–C–N with tert-alkyl or cyclic N) is 1. The van der Waals surface area contributed by atoms with Crippen LogP contribution in [0.15, 0.2) is 11.8 Å². The largest absolute Gasteiger partial charge is 0.481 e. The smallest absolute Gasteiger partial charge is 0.307 e. The van der Waals surface area contributed by atoms with E-state index >= 15 is 0 Å². The molecule has 7 unspecified atom stereocenters. The second-order valence-electron chi connectivity index (χ2n) is 14.8. The zero-order valence-electron chi connectivity index (χ0n) is 27.7. The number of hydrogen-bond donors (Lipinski definition) is 4. The third-order valence-electron chi connectivity index (χ3n) is 11.6. The summed E-state index contributed by atoms with van der Waals surface area (Å²) < 4.78 is 0. The van der Waals surface area contributed by atoms with E-state index in [2.05, 4.69) is 26.6 Å². The number of hydrogen-bond acceptors (Lipinski definition) is 6. The van der Waals surface area contributed by atoms with E-state index in [1.54, 1.807) is 4.90 Å². The molecule has 4 N–H and O–H groups in total. The van der Waals surface area contributed by atoms with Crippen LogP contribution in [-0.4, -0.2) is 92.9 Å². The Hall–Kier alpha value is -2.14. The van der Waals surface area contributed by atoms with Crippen molar-refractivity contribution in [2.75, 3.05) is 20.1 Å². The number of nitrogens with zero attached hydrogens (tertiary/aromatic N) is 2. The van der Waals surface area contributed by atoms with E-state index in [0.717, 1.165) is 69.8 Å². The Kier molecular flexibility index (Phi) is 12.1. The number of carboxylic acid groups (broad SMARTS) is 1. The van der Waals surface area contributed by atoms with E-state index in [9.17, 15) is 29.4 Å². The van der Waals surface area contributed by atoms with E-state index in [-0.39, 0.29) is 30.7 Å². The highest BCUT2D eigenvalue weighted by atomic mass is 79.9. The molecule has 2 aliphatic heterocycles. The van der Waals surface area contributed by atoms with Gasteiger partial charge >= 0.3 is 5.97 Å². The number of likely N-dealkylation sites (N-methyl/N-ethyl adjacent to an activating group) is 1. The quantitative estimate of drug-likeness (QED) is 0.236. The first-order valence-electron chi connectivity index (χ1n) is 17.9. The van der Waals surface area contributed by atoms with E-state index in [1.165, 1.54) is 17.7 Å². The number of aliphatic hydroxyl groups excluding tert-OH is 1. The third kappa shape index (κ3) is 7.93. The number of aliphatic carboxylic acids is 1. The maximum Gasteiger partial charge on any atom is 0.307 e. The summed E-state index contributed by atoms with van der Waals surface area (Å²) in [5, 5.41) is 27.3. The molecule has 46 heavy (non-hydrogen) atoms. The Morgan fingerprint density at radius 1 is 1.04 bits per heavy atom. The summed E-state index contributed by atoms with van der Waals surface area (Å²) in [4.78, 5) is 58.2. The first kappa shape index (κ1) is 35.2. The summed E-state index contributed by atoms with van der Waals surface area (Å²) in [5.41, 5.74) is 1.15. The van der Waals surface area contributed by atoms with Gasteiger partial charge in [-0.1, -0.05) is 61.4 Å². The third-order valence-corrected chi connectivity index (χ3v) is 12.8. The minimum atomic E-state index is -0.975. The van der Waals surface area contributed by atoms with Gasteiger partial charge in [-0.05, 0) is 75.0 Å². The molecule has 5 aliphatic rings. The lowest BCUT2D eigenvalue weighted by Gasteiger charge is -2.39. The molecule has 0 aromatic carbocycles. The SMILES string of the molecule is CCCC1CCC[C@H](C(=O)O)[C@@H]1C(=O)N1C[C@H](O)CC1C(=O)NC(CC1=CNC2CCCCC12)C(=O)N(C)CC1CCCCC1Br. The molecule has 3 aliphatic carbocycles. The molecule has 0 radical (unpaired) electrons. The number of rotatable bonds is 11. The van der Waals surface area contributed by atoms with E-state index < -0.39 is 41.9 Å². The second kappa shape index (κ2) is 15.8. The molecule has 10 atom stereocenters. The molecule has 0 aromatic rings. The molecule has 0 bridgehead atoms. The molecular weight excluding hydrogens is 652 g/mol. The molecule has 1 saturated heterocycles. The summed E-state index contributed by atoms with van der Waals surface area (Å²) in [7, 11) is 1.82. The van der Waals surface area contributed by atoms with Crippen LogP contribution in [0.2, 0.25) is 0 Å². The monoisotopic (exact) mass is 706 g/mol. The van der Waals surface area contributed by atoms with Crippen molar-refractivity contribution in [1.82, 2.24) is 20.4 Å². The van der Waals surface area contributed by atoms with Crippen LogP contribution in [0.5, 0.6) is 0 Å². The first-order chi connectivity index (χ1) is 22.1. The Bertz CT molecular complexity index is 1150. The van der Waals surface area contributed by atoms with Gasteiger partial charge in [-0.15, -0.1) is 0 Å². The van der Waals surface area contributed by atoms with Crippen LogP contribution in [0.1, 0.15) is 103 Å². The number of likely N-dealkylation sites (tertiary alicyclic amines) is 1. The van der Waals surface area contributed by atoms with Crippen molar-refractivity contribution in [3.63, 3.8) is 0 Å². The van der Waals surface area contributed by atoms with Gasteiger partial charge in [0.25, 0.3) is 0 Å². The molecule has 4 fully saturated rings. The lowest BCUT2D eigenvalue weighted by atomic mass is 9.69. The summed E-state index contributed by atoms with van der Waals surface area (Å²) in [6.45, 7) is 2.63. The molecule has 3 saturated carbocycles. The van der Waals surface area contributed by atoms with Crippen LogP contribution in [0, 0.1) is 29.6 Å². The molecule has 2 heterocycles.